The van der Waals surface area contributed by atoms with Crippen LogP contribution in [0.4, 0.5) is 15.8 Å². The summed E-state index contributed by atoms with van der Waals surface area (Å²) in [4.78, 5) is 13.5. The van der Waals surface area contributed by atoms with Gasteiger partial charge >= 0.3 is 0 Å². The number of benzene rings is 2. The van der Waals surface area contributed by atoms with Crippen LogP contribution in [0.2, 0.25) is 0 Å². The number of amides is 1. The molecule has 0 heterocycles. The Hall–Kier alpha value is -2.08. The number of nitrogens with zero attached hydrogens (tertiary/aromatic N) is 1. The highest BCUT2D eigenvalue weighted by molar-refractivity contribution is 9.10. The van der Waals surface area contributed by atoms with Crippen LogP contribution in [-0.4, -0.2) is 18.1 Å². The molecule has 0 unspecified atom stereocenters. The molecule has 2 aromatic rings. The third-order valence-corrected chi connectivity index (χ3v) is 3.35. The van der Waals surface area contributed by atoms with E-state index in [1.165, 1.54) is 24.1 Å². The topological polar surface area (TPSA) is 66.6 Å². The number of hydrogen-bond acceptors (Lipinski definition) is 3. The Balaban J connectivity index is 2.43. The SMILES string of the molecule is CN(C(=O)c1c(O)cccc1F)c1ccc(Br)cc1N. The molecule has 0 aliphatic heterocycles. The van der Waals surface area contributed by atoms with Crippen molar-refractivity contribution in [2.24, 2.45) is 0 Å². The average molecular weight is 339 g/mol. The van der Waals surface area contributed by atoms with Crippen LogP contribution in [-0.2, 0) is 0 Å². The molecule has 6 heteroatoms. The molecule has 2 rings (SSSR count). The number of halogens is 2. The molecule has 0 saturated carbocycles. The molecule has 0 radical (unpaired) electrons. The molecule has 104 valence electrons. The fourth-order valence-electron chi connectivity index (χ4n) is 1.83. The van der Waals surface area contributed by atoms with E-state index in [-0.39, 0.29) is 5.56 Å². The number of phenols is 1. The number of phenolic OH excluding ortho intramolecular Hbond substituents is 1. The smallest absolute Gasteiger partial charge is 0.264 e. The first-order valence-corrected chi connectivity index (χ1v) is 6.51. The minimum Gasteiger partial charge on any atom is -0.507 e. The zero-order valence-corrected chi connectivity index (χ0v) is 12.2. The van der Waals surface area contributed by atoms with Crippen molar-refractivity contribution in [2.75, 3.05) is 17.7 Å². The zero-order valence-electron chi connectivity index (χ0n) is 10.6. The van der Waals surface area contributed by atoms with E-state index in [1.807, 2.05) is 0 Å². The molecule has 0 aliphatic carbocycles. The van der Waals surface area contributed by atoms with Gasteiger partial charge in [0.25, 0.3) is 5.91 Å². The maximum absolute atomic E-state index is 13.7. The van der Waals surface area contributed by atoms with Crippen molar-refractivity contribution in [2.45, 2.75) is 0 Å². The number of anilines is 2. The van der Waals surface area contributed by atoms with Gasteiger partial charge in [-0.1, -0.05) is 22.0 Å². The Morgan fingerprint density at radius 2 is 2.05 bits per heavy atom. The number of aromatic hydroxyl groups is 1. The van der Waals surface area contributed by atoms with Crippen LogP contribution in [0.5, 0.6) is 5.75 Å². The van der Waals surface area contributed by atoms with E-state index in [4.69, 9.17) is 5.73 Å². The minimum absolute atomic E-state index is 0.367. The summed E-state index contributed by atoms with van der Waals surface area (Å²) in [6.45, 7) is 0. The maximum Gasteiger partial charge on any atom is 0.264 e. The fraction of sp³-hybridized carbons (Fsp3) is 0.0714. The molecule has 0 aromatic heterocycles. The van der Waals surface area contributed by atoms with Crippen molar-refractivity contribution in [3.8, 4) is 5.75 Å². The summed E-state index contributed by atoms with van der Waals surface area (Å²) in [5, 5.41) is 9.64. The molecule has 20 heavy (non-hydrogen) atoms. The van der Waals surface area contributed by atoms with Crippen LogP contribution in [0.1, 0.15) is 10.4 Å². The number of carbonyl (C=O) groups is 1. The van der Waals surface area contributed by atoms with Crippen LogP contribution < -0.4 is 10.6 Å². The summed E-state index contributed by atoms with van der Waals surface area (Å²) in [5.41, 5.74) is 6.25. The first kappa shape index (κ1) is 14.3. The Kier molecular flexibility index (Phi) is 3.94. The van der Waals surface area contributed by atoms with Gasteiger partial charge in [0.05, 0.1) is 11.4 Å². The van der Waals surface area contributed by atoms with E-state index >= 15 is 0 Å². The molecule has 3 N–H and O–H groups in total. The molecule has 0 fully saturated rings. The second-order valence-electron chi connectivity index (χ2n) is 4.20. The fourth-order valence-corrected chi connectivity index (χ4v) is 2.21. The van der Waals surface area contributed by atoms with Crippen LogP contribution in [0.15, 0.2) is 40.9 Å². The van der Waals surface area contributed by atoms with Gasteiger partial charge in [-0.3, -0.25) is 4.79 Å². The van der Waals surface area contributed by atoms with E-state index in [1.54, 1.807) is 18.2 Å². The Labute approximate surface area is 123 Å². The van der Waals surface area contributed by atoms with Gasteiger partial charge in [0.2, 0.25) is 0 Å². The molecule has 0 atom stereocenters. The standard InChI is InChI=1S/C14H12BrFN2O2/c1-18(11-6-5-8(15)7-10(11)17)14(20)13-9(16)3-2-4-12(13)19/h2-7,19H,17H2,1H3. The highest BCUT2D eigenvalue weighted by atomic mass is 79.9. The maximum atomic E-state index is 13.7. The second-order valence-corrected chi connectivity index (χ2v) is 5.12. The molecule has 0 spiro atoms. The summed E-state index contributed by atoms with van der Waals surface area (Å²) in [7, 11) is 1.47. The van der Waals surface area contributed by atoms with Gasteiger partial charge in [0.1, 0.15) is 17.1 Å². The van der Waals surface area contributed by atoms with Gasteiger partial charge in [-0.25, -0.2) is 4.39 Å². The van der Waals surface area contributed by atoms with Gasteiger partial charge in [-0.05, 0) is 30.3 Å². The van der Waals surface area contributed by atoms with Crippen molar-refractivity contribution >= 4 is 33.2 Å². The van der Waals surface area contributed by atoms with Crippen LogP contribution >= 0.6 is 15.9 Å². The Bertz CT molecular complexity index is 656. The molecule has 0 aliphatic rings. The summed E-state index contributed by atoms with van der Waals surface area (Å²) in [6, 6.07) is 8.70. The molecule has 0 saturated heterocycles. The lowest BCUT2D eigenvalue weighted by Crippen LogP contribution is -2.28. The number of hydrogen-bond donors (Lipinski definition) is 2. The van der Waals surface area contributed by atoms with Gasteiger partial charge in [-0.15, -0.1) is 0 Å². The largest absolute Gasteiger partial charge is 0.507 e. The summed E-state index contributed by atoms with van der Waals surface area (Å²) >= 11 is 3.27. The average Bonchev–Trinajstić information content (AvgIpc) is 2.37. The van der Waals surface area contributed by atoms with E-state index in [0.29, 0.717) is 11.4 Å². The second kappa shape index (κ2) is 5.50. The highest BCUT2D eigenvalue weighted by Crippen LogP contribution is 2.29. The number of nitrogens with two attached hydrogens (primary N) is 1. The number of rotatable bonds is 2. The van der Waals surface area contributed by atoms with E-state index in [9.17, 15) is 14.3 Å². The number of nitrogen functional groups attached to an aromatic ring is 1. The van der Waals surface area contributed by atoms with Crippen molar-refractivity contribution in [1.82, 2.24) is 0 Å². The lowest BCUT2D eigenvalue weighted by atomic mass is 10.1. The normalized spacial score (nSPS) is 10.3. The first-order valence-electron chi connectivity index (χ1n) is 5.72. The molecule has 0 bridgehead atoms. The van der Waals surface area contributed by atoms with E-state index < -0.39 is 17.5 Å². The minimum atomic E-state index is -0.780. The third kappa shape index (κ3) is 2.60. The third-order valence-electron chi connectivity index (χ3n) is 2.86. The Morgan fingerprint density at radius 3 is 2.65 bits per heavy atom. The van der Waals surface area contributed by atoms with Crippen molar-refractivity contribution in [1.29, 1.82) is 0 Å². The van der Waals surface area contributed by atoms with E-state index in [0.717, 1.165) is 10.5 Å². The molecule has 2 aromatic carbocycles. The van der Waals surface area contributed by atoms with Gasteiger partial charge in [0.15, 0.2) is 0 Å². The first-order chi connectivity index (χ1) is 9.41. The molecular formula is C14H12BrFN2O2. The summed E-state index contributed by atoms with van der Waals surface area (Å²) < 4.78 is 14.5. The van der Waals surface area contributed by atoms with Crippen LogP contribution in [0.3, 0.4) is 0 Å². The summed E-state index contributed by atoms with van der Waals surface area (Å²) in [6.07, 6.45) is 0. The lowest BCUT2D eigenvalue weighted by molar-refractivity contribution is 0.0986. The van der Waals surface area contributed by atoms with Gasteiger partial charge in [-0.2, -0.15) is 0 Å². The molecule has 4 nitrogen and oxygen atoms in total. The monoisotopic (exact) mass is 338 g/mol. The van der Waals surface area contributed by atoms with Crippen molar-refractivity contribution < 1.29 is 14.3 Å². The van der Waals surface area contributed by atoms with E-state index in [2.05, 4.69) is 15.9 Å². The van der Waals surface area contributed by atoms with Gasteiger partial charge in [0, 0.05) is 11.5 Å². The predicted octanol–water partition coefficient (Wildman–Crippen LogP) is 3.15. The highest BCUT2D eigenvalue weighted by Gasteiger charge is 2.22. The Morgan fingerprint density at radius 1 is 1.35 bits per heavy atom. The quantitative estimate of drug-likeness (QED) is 0.826. The lowest BCUT2D eigenvalue weighted by Gasteiger charge is -2.20. The van der Waals surface area contributed by atoms with Crippen LogP contribution in [0, 0.1) is 5.82 Å². The van der Waals surface area contributed by atoms with Crippen LogP contribution in [0.25, 0.3) is 0 Å². The molecular weight excluding hydrogens is 327 g/mol. The van der Waals surface area contributed by atoms with Crippen molar-refractivity contribution in [3.05, 3.63) is 52.3 Å². The predicted molar refractivity (Wildman–Crippen MR) is 79.4 cm³/mol. The zero-order chi connectivity index (χ0) is 14.9. The molecule has 1 amide bonds. The summed E-state index contributed by atoms with van der Waals surface area (Å²) in [5.74, 6) is -1.86. The van der Waals surface area contributed by atoms with Gasteiger partial charge < -0.3 is 15.7 Å². The number of carbonyl (C=O) groups excluding carboxylic acids is 1. The van der Waals surface area contributed by atoms with Crippen molar-refractivity contribution in [3.63, 3.8) is 0 Å².